The van der Waals surface area contributed by atoms with Gasteiger partial charge < -0.3 is 15.2 Å². The van der Waals surface area contributed by atoms with E-state index < -0.39 is 0 Å². The average molecular weight is 145 g/mol. The van der Waals surface area contributed by atoms with E-state index in [1.54, 1.807) is 0 Å². The van der Waals surface area contributed by atoms with Crippen molar-refractivity contribution in [2.24, 2.45) is 0 Å². The minimum absolute atomic E-state index is 0.214. The van der Waals surface area contributed by atoms with Crippen LogP contribution in [0.3, 0.4) is 0 Å². The van der Waals surface area contributed by atoms with Crippen molar-refractivity contribution in [1.29, 1.82) is 0 Å². The zero-order valence-electron chi connectivity index (χ0n) is 6.55. The summed E-state index contributed by atoms with van der Waals surface area (Å²) in [4.78, 5) is 0. The lowest BCUT2D eigenvalue weighted by Gasteiger charge is -2.26. The number of ether oxygens (including phenoxy) is 1. The molecule has 0 bridgehead atoms. The van der Waals surface area contributed by atoms with Crippen molar-refractivity contribution >= 4 is 0 Å². The first-order chi connectivity index (χ1) is 4.69. The van der Waals surface area contributed by atoms with E-state index >= 15 is 0 Å². The van der Waals surface area contributed by atoms with Crippen LogP contribution >= 0.6 is 0 Å². The van der Waals surface area contributed by atoms with Gasteiger partial charge in [0.15, 0.2) is 0 Å². The van der Waals surface area contributed by atoms with Crippen LogP contribution in [0.1, 0.15) is 13.8 Å². The molecule has 0 amide bonds. The van der Waals surface area contributed by atoms with Gasteiger partial charge in [-0.25, -0.2) is 0 Å². The summed E-state index contributed by atoms with van der Waals surface area (Å²) in [5.74, 6) is 0. The zero-order chi connectivity index (χ0) is 7.61. The van der Waals surface area contributed by atoms with Crippen molar-refractivity contribution < 1.29 is 9.84 Å². The SMILES string of the molecule is CCN[C@]1(C)COCC1O. The highest BCUT2D eigenvalue weighted by Gasteiger charge is 2.37. The van der Waals surface area contributed by atoms with Crippen molar-refractivity contribution in [3.63, 3.8) is 0 Å². The van der Waals surface area contributed by atoms with E-state index in [9.17, 15) is 5.11 Å². The fourth-order valence-corrected chi connectivity index (χ4v) is 1.24. The molecular weight excluding hydrogens is 130 g/mol. The Balaban J connectivity index is 2.48. The highest BCUT2D eigenvalue weighted by Crippen LogP contribution is 2.17. The van der Waals surface area contributed by atoms with Crippen molar-refractivity contribution in [3.8, 4) is 0 Å². The minimum Gasteiger partial charge on any atom is -0.389 e. The standard InChI is InChI=1S/C7H15NO2/c1-3-8-7(2)5-10-4-6(7)9/h6,8-9H,3-5H2,1-2H3/t6?,7-/m1/s1. The molecule has 0 aliphatic carbocycles. The van der Waals surface area contributed by atoms with Gasteiger partial charge in [0, 0.05) is 0 Å². The van der Waals surface area contributed by atoms with Crippen LogP contribution in [0.2, 0.25) is 0 Å². The van der Waals surface area contributed by atoms with E-state index in [0.29, 0.717) is 13.2 Å². The monoisotopic (exact) mass is 145 g/mol. The molecule has 2 atom stereocenters. The summed E-state index contributed by atoms with van der Waals surface area (Å²) < 4.78 is 5.11. The summed E-state index contributed by atoms with van der Waals surface area (Å²) in [6.45, 7) is 5.95. The van der Waals surface area contributed by atoms with Crippen LogP contribution in [0.4, 0.5) is 0 Å². The first kappa shape index (κ1) is 7.98. The van der Waals surface area contributed by atoms with Gasteiger partial charge in [-0.3, -0.25) is 0 Å². The van der Waals surface area contributed by atoms with Gasteiger partial charge in [-0.15, -0.1) is 0 Å². The Morgan fingerprint density at radius 2 is 2.50 bits per heavy atom. The van der Waals surface area contributed by atoms with Crippen molar-refractivity contribution in [3.05, 3.63) is 0 Å². The summed E-state index contributed by atoms with van der Waals surface area (Å²) in [6.07, 6.45) is -0.354. The fourth-order valence-electron chi connectivity index (χ4n) is 1.24. The molecule has 10 heavy (non-hydrogen) atoms. The number of likely N-dealkylation sites (N-methyl/N-ethyl adjacent to an activating group) is 1. The second kappa shape index (κ2) is 2.86. The Hall–Kier alpha value is -0.120. The Morgan fingerprint density at radius 1 is 1.80 bits per heavy atom. The van der Waals surface area contributed by atoms with Crippen molar-refractivity contribution in [2.45, 2.75) is 25.5 Å². The van der Waals surface area contributed by atoms with Gasteiger partial charge in [0.05, 0.1) is 24.9 Å². The second-order valence-electron chi connectivity index (χ2n) is 2.98. The maximum atomic E-state index is 9.39. The van der Waals surface area contributed by atoms with Crippen molar-refractivity contribution in [2.75, 3.05) is 19.8 Å². The molecule has 0 saturated carbocycles. The number of hydrogen-bond acceptors (Lipinski definition) is 3. The molecule has 0 spiro atoms. The lowest BCUT2D eigenvalue weighted by atomic mass is 9.99. The Bertz CT molecular complexity index is 118. The van der Waals surface area contributed by atoms with Crippen LogP contribution in [0.15, 0.2) is 0 Å². The number of nitrogens with one attached hydrogen (secondary N) is 1. The molecular formula is C7H15NO2. The third-order valence-corrected chi connectivity index (χ3v) is 1.99. The molecule has 1 heterocycles. The maximum absolute atomic E-state index is 9.39. The highest BCUT2D eigenvalue weighted by molar-refractivity contribution is 4.94. The van der Waals surface area contributed by atoms with Gasteiger partial charge in [-0.2, -0.15) is 0 Å². The van der Waals surface area contributed by atoms with Crippen LogP contribution in [-0.2, 0) is 4.74 Å². The highest BCUT2D eigenvalue weighted by atomic mass is 16.5. The van der Waals surface area contributed by atoms with Gasteiger partial charge in [0.2, 0.25) is 0 Å². The quantitative estimate of drug-likeness (QED) is 0.563. The van der Waals surface area contributed by atoms with E-state index in [0.717, 1.165) is 6.54 Å². The van der Waals surface area contributed by atoms with Gasteiger partial charge in [0.1, 0.15) is 0 Å². The predicted octanol–water partition coefficient (Wildman–Crippen LogP) is -0.254. The summed E-state index contributed by atoms with van der Waals surface area (Å²) in [6, 6.07) is 0. The predicted molar refractivity (Wildman–Crippen MR) is 38.9 cm³/mol. The molecule has 1 aliphatic rings. The van der Waals surface area contributed by atoms with Crippen LogP contribution in [0.5, 0.6) is 0 Å². The van der Waals surface area contributed by atoms with Gasteiger partial charge in [-0.05, 0) is 13.5 Å². The zero-order valence-corrected chi connectivity index (χ0v) is 6.55. The Morgan fingerprint density at radius 3 is 2.90 bits per heavy atom. The molecule has 60 valence electrons. The number of aliphatic hydroxyl groups is 1. The van der Waals surface area contributed by atoms with E-state index in [-0.39, 0.29) is 11.6 Å². The van der Waals surface area contributed by atoms with Gasteiger partial charge in [0.25, 0.3) is 0 Å². The number of hydrogen-bond donors (Lipinski definition) is 2. The van der Waals surface area contributed by atoms with Crippen LogP contribution < -0.4 is 5.32 Å². The molecule has 1 saturated heterocycles. The second-order valence-corrected chi connectivity index (χ2v) is 2.98. The lowest BCUT2D eigenvalue weighted by molar-refractivity contribution is 0.104. The number of aliphatic hydroxyl groups excluding tert-OH is 1. The smallest absolute Gasteiger partial charge is 0.0974 e. The molecule has 0 aromatic heterocycles. The number of rotatable bonds is 2. The third kappa shape index (κ3) is 1.31. The summed E-state index contributed by atoms with van der Waals surface area (Å²) >= 11 is 0. The van der Waals surface area contributed by atoms with E-state index in [1.165, 1.54) is 0 Å². The molecule has 1 fully saturated rings. The first-order valence-electron chi connectivity index (χ1n) is 3.70. The topological polar surface area (TPSA) is 41.5 Å². The molecule has 3 nitrogen and oxygen atoms in total. The molecule has 0 aromatic rings. The van der Waals surface area contributed by atoms with Crippen LogP contribution in [-0.4, -0.2) is 36.5 Å². The molecule has 1 rings (SSSR count). The largest absolute Gasteiger partial charge is 0.389 e. The first-order valence-corrected chi connectivity index (χ1v) is 3.70. The molecule has 2 N–H and O–H groups in total. The fraction of sp³-hybridized carbons (Fsp3) is 1.00. The lowest BCUT2D eigenvalue weighted by Crippen LogP contribution is -2.51. The molecule has 3 heteroatoms. The Labute approximate surface area is 61.4 Å². The van der Waals surface area contributed by atoms with E-state index in [4.69, 9.17) is 4.74 Å². The van der Waals surface area contributed by atoms with Crippen molar-refractivity contribution in [1.82, 2.24) is 5.32 Å². The molecule has 0 radical (unpaired) electrons. The van der Waals surface area contributed by atoms with Gasteiger partial charge in [-0.1, -0.05) is 6.92 Å². The molecule has 0 aromatic carbocycles. The molecule has 1 unspecified atom stereocenters. The summed E-state index contributed by atoms with van der Waals surface area (Å²) in [7, 11) is 0. The Kier molecular flexibility index (Phi) is 2.28. The summed E-state index contributed by atoms with van der Waals surface area (Å²) in [5, 5.41) is 12.6. The van der Waals surface area contributed by atoms with E-state index in [2.05, 4.69) is 5.32 Å². The minimum atomic E-state index is -0.354. The third-order valence-electron chi connectivity index (χ3n) is 1.99. The maximum Gasteiger partial charge on any atom is 0.0974 e. The van der Waals surface area contributed by atoms with E-state index in [1.807, 2.05) is 13.8 Å². The van der Waals surface area contributed by atoms with Crippen LogP contribution in [0.25, 0.3) is 0 Å². The molecule has 1 aliphatic heterocycles. The van der Waals surface area contributed by atoms with Crippen LogP contribution in [0, 0.1) is 0 Å². The summed E-state index contributed by atoms with van der Waals surface area (Å²) in [5.41, 5.74) is -0.214. The normalized spacial score (nSPS) is 40.5. The van der Waals surface area contributed by atoms with Gasteiger partial charge >= 0.3 is 0 Å². The average Bonchev–Trinajstić information content (AvgIpc) is 2.15.